The summed E-state index contributed by atoms with van der Waals surface area (Å²) in [7, 11) is 1.70. The van der Waals surface area contributed by atoms with Crippen molar-refractivity contribution in [2.45, 2.75) is 5.92 Å². The standard InChI is InChI=1S/C24H19Cl2N5O/c1-29-23(28-31(24(29)32)20-13-11-19(26)12-14-20)30-15-21(16-5-3-2-4-6-16)22(27-30)17-7-9-18(25)10-8-17/h2-14,21H,15H2,1H3. The molecule has 2 heterocycles. The Morgan fingerprint density at radius 3 is 2.16 bits per heavy atom. The molecule has 8 heteroatoms. The van der Waals surface area contributed by atoms with Crippen molar-refractivity contribution in [3.05, 3.63) is 111 Å². The summed E-state index contributed by atoms with van der Waals surface area (Å²) < 4.78 is 2.87. The van der Waals surface area contributed by atoms with E-state index >= 15 is 0 Å². The Morgan fingerprint density at radius 2 is 1.50 bits per heavy atom. The molecule has 6 nitrogen and oxygen atoms in total. The minimum atomic E-state index is -0.256. The summed E-state index contributed by atoms with van der Waals surface area (Å²) in [6, 6.07) is 24.8. The van der Waals surface area contributed by atoms with Crippen molar-refractivity contribution in [3.8, 4) is 5.69 Å². The number of benzene rings is 3. The number of nitrogens with zero attached hydrogens (tertiary/aromatic N) is 5. The highest BCUT2D eigenvalue weighted by Gasteiger charge is 2.32. The molecule has 1 aliphatic rings. The molecule has 1 aliphatic heterocycles. The highest BCUT2D eigenvalue weighted by atomic mass is 35.5. The lowest BCUT2D eigenvalue weighted by Crippen LogP contribution is -2.24. The maximum Gasteiger partial charge on any atom is 0.351 e. The van der Waals surface area contributed by atoms with Gasteiger partial charge in [0.15, 0.2) is 0 Å². The van der Waals surface area contributed by atoms with E-state index in [9.17, 15) is 4.79 Å². The molecule has 1 atom stereocenters. The van der Waals surface area contributed by atoms with Crippen LogP contribution in [0.4, 0.5) is 5.95 Å². The van der Waals surface area contributed by atoms with E-state index in [1.165, 1.54) is 9.25 Å². The maximum absolute atomic E-state index is 12.9. The molecule has 0 bridgehead atoms. The van der Waals surface area contributed by atoms with Crippen LogP contribution in [0.5, 0.6) is 0 Å². The van der Waals surface area contributed by atoms with Gasteiger partial charge in [-0.15, -0.1) is 5.10 Å². The number of hydrogen-bond donors (Lipinski definition) is 0. The molecule has 1 aromatic heterocycles. The third-order valence-electron chi connectivity index (χ3n) is 5.52. The lowest BCUT2D eigenvalue weighted by molar-refractivity contribution is 0.765. The Labute approximate surface area is 194 Å². The van der Waals surface area contributed by atoms with E-state index in [4.69, 9.17) is 28.3 Å². The second kappa shape index (κ2) is 8.30. The first-order valence-electron chi connectivity index (χ1n) is 10.1. The van der Waals surface area contributed by atoms with Crippen molar-refractivity contribution < 1.29 is 0 Å². The molecule has 0 amide bonds. The summed E-state index contributed by atoms with van der Waals surface area (Å²) in [5.74, 6) is 0.489. The normalized spacial score (nSPS) is 15.8. The second-order valence-electron chi connectivity index (χ2n) is 7.57. The van der Waals surface area contributed by atoms with Gasteiger partial charge in [-0.3, -0.25) is 4.57 Å². The number of aromatic nitrogens is 3. The fourth-order valence-electron chi connectivity index (χ4n) is 3.86. The summed E-state index contributed by atoms with van der Waals surface area (Å²) >= 11 is 12.1. The van der Waals surface area contributed by atoms with Crippen LogP contribution in [0, 0.1) is 0 Å². The molecule has 160 valence electrons. The zero-order chi connectivity index (χ0) is 22.2. The molecule has 5 rings (SSSR count). The van der Waals surface area contributed by atoms with Crippen LogP contribution in [0.2, 0.25) is 10.0 Å². The minimum Gasteiger partial charge on any atom is -0.263 e. The molecular weight excluding hydrogens is 445 g/mol. The van der Waals surface area contributed by atoms with Gasteiger partial charge in [0.25, 0.3) is 0 Å². The fraction of sp³-hybridized carbons (Fsp3) is 0.125. The van der Waals surface area contributed by atoms with Crippen LogP contribution in [0.3, 0.4) is 0 Å². The third kappa shape index (κ3) is 3.72. The van der Waals surface area contributed by atoms with E-state index in [2.05, 4.69) is 17.2 Å². The van der Waals surface area contributed by atoms with E-state index in [-0.39, 0.29) is 11.6 Å². The van der Waals surface area contributed by atoms with Crippen LogP contribution in [0.1, 0.15) is 17.0 Å². The predicted molar refractivity (Wildman–Crippen MR) is 128 cm³/mol. The van der Waals surface area contributed by atoms with Gasteiger partial charge in [0.05, 0.1) is 17.9 Å². The van der Waals surface area contributed by atoms with Gasteiger partial charge in [-0.25, -0.2) is 9.80 Å². The van der Waals surface area contributed by atoms with E-state index in [1.54, 1.807) is 36.3 Å². The molecule has 4 aromatic rings. The molecule has 3 aromatic carbocycles. The Morgan fingerprint density at radius 1 is 0.875 bits per heavy atom. The van der Waals surface area contributed by atoms with E-state index in [0.29, 0.717) is 28.2 Å². The summed E-state index contributed by atoms with van der Waals surface area (Å²) in [4.78, 5) is 12.9. The van der Waals surface area contributed by atoms with E-state index < -0.39 is 0 Å². The smallest absolute Gasteiger partial charge is 0.263 e. The van der Waals surface area contributed by atoms with Gasteiger partial charge in [-0.05, 0) is 47.5 Å². The van der Waals surface area contributed by atoms with Crippen LogP contribution in [0.15, 0.2) is 88.8 Å². The molecule has 0 aliphatic carbocycles. The van der Waals surface area contributed by atoms with E-state index in [1.807, 2.05) is 42.5 Å². The molecule has 0 fully saturated rings. The number of halogens is 2. The molecule has 0 saturated carbocycles. The van der Waals surface area contributed by atoms with Crippen LogP contribution in [-0.4, -0.2) is 26.6 Å². The van der Waals surface area contributed by atoms with Crippen molar-refractivity contribution in [1.82, 2.24) is 14.3 Å². The summed E-state index contributed by atoms with van der Waals surface area (Å²) in [5, 5.41) is 12.5. The van der Waals surface area contributed by atoms with Crippen LogP contribution >= 0.6 is 23.2 Å². The Kier molecular flexibility index (Phi) is 5.33. The minimum absolute atomic E-state index is 0.0214. The van der Waals surface area contributed by atoms with Gasteiger partial charge >= 0.3 is 5.69 Å². The maximum atomic E-state index is 12.9. The van der Waals surface area contributed by atoms with Crippen LogP contribution < -0.4 is 10.7 Å². The lowest BCUT2D eigenvalue weighted by Gasteiger charge is -2.15. The third-order valence-corrected chi connectivity index (χ3v) is 6.02. The average Bonchev–Trinajstić information content (AvgIpc) is 3.38. The Hall–Kier alpha value is -3.35. The molecule has 0 saturated heterocycles. The quantitative estimate of drug-likeness (QED) is 0.433. The van der Waals surface area contributed by atoms with Crippen molar-refractivity contribution in [2.24, 2.45) is 12.1 Å². The molecule has 0 spiro atoms. The van der Waals surface area contributed by atoms with E-state index in [0.717, 1.165) is 16.8 Å². The van der Waals surface area contributed by atoms with Gasteiger partial charge in [-0.2, -0.15) is 9.78 Å². The average molecular weight is 464 g/mol. The first kappa shape index (κ1) is 20.5. The van der Waals surface area contributed by atoms with Gasteiger partial charge in [0, 0.05) is 23.0 Å². The monoisotopic (exact) mass is 463 g/mol. The highest BCUT2D eigenvalue weighted by Crippen LogP contribution is 2.31. The zero-order valence-electron chi connectivity index (χ0n) is 17.2. The number of rotatable bonds is 4. The highest BCUT2D eigenvalue weighted by molar-refractivity contribution is 6.31. The second-order valence-corrected chi connectivity index (χ2v) is 8.44. The molecule has 1 unspecified atom stereocenters. The largest absolute Gasteiger partial charge is 0.351 e. The molecular formula is C24H19Cl2N5O. The first-order chi connectivity index (χ1) is 15.5. The summed E-state index contributed by atoms with van der Waals surface area (Å²) in [6.07, 6.45) is 0. The van der Waals surface area contributed by atoms with Crippen molar-refractivity contribution in [1.29, 1.82) is 0 Å². The number of hydrogen-bond acceptors (Lipinski definition) is 4. The number of hydrazone groups is 1. The van der Waals surface area contributed by atoms with Gasteiger partial charge in [0.1, 0.15) is 0 Å². The Bertz CT molecular complexity index is 1340. The van der Waals surface area contributed by atoms with Crippen LogP contribution in [0.25, 0.3) is 5.69 Å². The Balaban J connectivity index is 1.58. The van der Waals surface area contributed by atoms with Gasteiger partial charge in [0.2, 0.25) is 5.95 Å². The van der Waals surface area contributed by atoms with Crippen molar-refractivity contribution >= 4 is 34.9 Å². The predicted octanol–water partition coefficient (Wildman–Crippen LogP) is 4.89. The lowest BCUT2D eigenvalue weighted by atomic mass is 9.91. The van der Waals surface area contributed by atoms with Gasteiger partial charge < -0.3 is 0 Å². The van der Waals surface area contributed by atoms with Crippen LogP contribution in [-0.2, 0) is 7.05 Å². The SMILES string of the molecule is Cn1c(N2CC(c3ccccc3)C(c3ccc(Cl)cc3)=N2)nn(-c2ccc(Cl)cc2)c1=O. The summed E-state index contributed by atoms with van der Waals surface area (Å²) in [5.41, 5.74) is 3.41. The topological polar surface area (TPSA) is 55.4 Å². The first-order valence-corrected chi connectivity index (χ1v) is 10.9. The van der Waals surface area contributed by atoms with Crippen molar-refractivity contribution in [2.75, 3.05) is 11.6 Å². The van der Waals surface area contributed by atoms with Gasteiger partial charge in [-0.1, -0.05) is 65.7 Å². The number of anilines is 1. The molecule has 0 N–H and O–H groups in total. The summed E-state index contributed by atoms with van der Waals surface area (Å²) in [6.45, 7) is 0.562. The fourth-order valence-corrected chi connectivity index (χ4v) is 4.11. The zero-order valence-corrected chi connectivity index (χ0v) is 18.7. The molecule has 0 radical (unpaired) electrons. The molecule has 32 heavy (non-hydrogen) atoms. The van der Waals surface area contributed by atoms with Crippen molar-refractivity contribution in [3.63, 3.8) is 0 Å².